The van der Waals surface area contributed by atoms with Crippen LogP contribution >= 0.6 is 0 Å². The summed E-state index contributed by atoms with van der Waals surface area (Å²) >= 11 is 0. The van der Waals surface area contributed by atoms with Gasteiger partial charge in [-0.2, -0.15) is 0 Å². The van der Waals surface area contributed by atoms with Crippen molar-refractivity contribution in [3.63, 3.8) is 0 Å². The highest BCUT2D eigenvalue weighted by Gasteiger charge is 2.12. The van der Waals surface area contributed by atoms with E-state index in [1.165, 1.54) is 5.56 Å². The number of hydrogen-bond donors (Lipinski definition) is 1. The van der Waals surface area contributed by atoms with E-state index in [9.17, 15) is 8.78 Å². The van der Waals surface area contributed by atoms with Crippen molar-refractivity contribution in [3.8, 4) is 0 Å². The summed E-state index contributed by atoms with van der Waals surface area (Å²) in [5.74, 6) is 0. The molecule has 0 saturated carbocycles. The lowest BCUT2D eigenvalue weighted by molar-refractivity contribution is 0.145. The molecule has 0 aliphatic carbocycles. The first-order valence-electron chi connectivity index (χ1n) is 5.48. The maximum Gasteiger partial charge on any atom is 0.250 e. The molecule has 1 N–H and O–H groups in total. The monoisotopic (exact) mass is 227 g/mol. The Labute approximate surface area is 95.9 Å². The lowest BCUT2D eigenvalue weighted by atomic mass is 9.87. The third-order valence-electron chi connectivity index (χ3n) is 2.45. The molecule has 1 nitrogen and oxygen atoms in total. The van der Waals surface area contributed by atoms with Crippen molar-refractivity contribution >= 4 is 0 Å². The molecule has 0 aliphatic rings. The first-order chi connectivity index (χ1) is 7.39. The van der Waals surface area contributed by atoms with Gasteiger partial charge in [0, 0.05) is 6.54 Å². The predicted octanol–water partition coefficient (Wildman–Crippen LogP) is 3.34. The van der Waals surface area contributed by atoms with Crippen LogP contribution in [0.3, 0.4) is 0 Å². The molecule has 90 valence electrons. The van der Waals surface area contributed by atoms with Gasteiger partial charge in [-0.15, -0.1) is 0 Å². The standard InChI is InChI=1S/C13H19F2N/c1-13(2,3)11-6-4-10(5-7-11)8-16-9-12(14)15/h4-7,12,16H,8-9H2,1-3H3. The Hall–Kier alpha value is -0.960. The van der Waals surface area contributed by atoms with E-state index in [0.717, 1.165) is 5.56 Å². The molecule has 0 unspecified atom stereocenters. The van der Waals surface area contributed by atoms with Gasteiger partial charge in [0.05, 0.1) is 6.54 Å². The summed E-state index contributed by atoms with van der Waals surface area (Å²) < 4.78 is 23.8. The molecule has 0 fully saturated rings. The van der Waals surface area contributed by atoms with Crippen LogP contribution in [0.1, 0.15) is 31.9 Å². The minimum Gasteiger partial charge on any atom is -0.307 e. The maximum absolute atomic E-state index is 11.9. The Morgan fingerprint density at radius 2 is 1.69 bits per heavy atom. The van der Waals surface area contributed by atoms with Crippen molar-refractivity contribution in [1.82, 2.24) is 5.32 Å². The van der Waals surface area contributed by atoms with Crippen molar-refractivity contribution in [2.45, 2.75) is 39.2 Å². The second kappa shape index (κ2) is 5.39. The van der Waals surface area contributed by atoms with Crippen molar-refractivity contribution in [1.29, 1.82) is 0 Å². The van der Waals surface area contributed by atoms with Gasteiger partial charge in [0.15, 0.2) is 0 Å². The number of rotatable bonds is 4. The molecule has 0 aromatic heterocycles. The van der Waals surface area contributed by atoms with E-state index in [1.807, 2.05) is 12.1 Å². The third-order valence-corrected chi connectivity index (χ3v) is 2.45. The zero-order valence-electron chi connectivity index (χ0n) is 10.1. The number of alkyl halides is 2. The van der Waals surface area contributed by atoms with Crippen LogP contribution in [0.4, 0.5) is 8.78 Å². The van der Waals surface area contributed by atoms with Crippen LogP contribution < -0.4 is 5.32 Å². The van der Waals surface area contributed by atoms with Crippen molar-refractivity contribution in [2.24, 2.45) is 0 Å². The normalized spacial score (nSPS) is 12.1. The second-order valence-electron chi connectivity index (χ2n) is 4.97. The van der Waals surface area contributed by atoms with Crippen molar-refractivity contribution in [3.05, 3.63) is 35.4 Å². The quantitative estimate of drug-likeness (QED) is 0.831. The number of benzene rings is 1. The fourth-order valence-corrected chi connectivity index (χ4v) is 1.45. The van der Waals surface area contributed by atoms with Gasteiger partial charge in [0.25, 0.3) is 6.43 Å². The van der Waals surface area contributed by atoms with Crippen LogP contribution in [0.25, 0.3) is 0 Å². The molecule has 0 heterocycles. The van der Waals surface area contributed by atoms with Gasteiger partial charge in [0.2, 0.25) is 0 Å². The van der Waals surface area contributed by atoms with Crippen LogP contribution in [-0.4, -0.2) is 13.0 Å². The summed E-state index contributed by atoms with van der Waals surface area (Å²) in [5.41, 5.74) is 2.42. The van der Waals surface area contributed by atoms with Gasteiger partial charge in [-0.25, -0.2) is 8.78 Å². The van der Waals surface area contributed by atoms with E-state index in [-0.39, 0.29) is 12.0 Å². The average Bonchev–Trinajstić information content (AvgIpc) is 2.16. The summed E-state index contributed by atoms with van der Waals surface area (Å²) in [6, 6.07) is 8.08. The van der Waals surface area contributed by atoms with Gasteiger partial charge >= 0.3 is 0 Å². The summed E-state index contributed by atoms with van der Waals surface area (Å²) in [5, 5.41) is 2.71. The lowest BCUT2D eigenvalue weighted by Gasteiger charge is -2.19. The predicted molar refractivity (Wildman–Crippen MR) is 62.9 cm³/mol. The first kappa shape index (κ1) is 13.1. The van der Waals surface area contributed by atoms with Crippen LogP contribution in [0, 0.1) is 0 Å². The molecule has 3 heteroatoms. The third kappa shape index (κ3) is 4.27. The Kier molecular flexibility index (Phi) is 4.42. The van der Waals surface area contributed by atoms with E-state index < -0.39 is 6.43 Å². The van der Waals surface area contributed by atoms with E-state index in [2.05, 4.69) is 38.2 Å². The smallest absolute Gasteiger partial charge is 0.250 e. The van der Waals surface area contributed by atoms with E-state index in [4.69, 9.17) is 0 Å². The summed E-state index contributed by atoms with van der Waals surface area (Å²) in [7, 11) is 0. The minimum absolute atomic E-state index is 0.134. The van der Waals surface area contributed by atoms with Crippen LogP contribution in [-0.2, 0) is 12.0 Å². The molecule has 16 heavy (non-hydrogen) atoms. The molecule has 0 atom stereocenters. The summed E-state index contributed by atoms with van der Waals surface area (Å²) in [6.07, 6.45) is -2.28. The molecule has 0 bridgehead atoms. The zero-order valence-corrected chi connectivity index (χ0v) is 10.1. The van der Waals surface area contributed by atoms with Gasteiger partial charge < -0.3 is 5.32 Å². The largest absolute Gasteiger partial charge is 0.307 e. The van der Waals surface area contributed by atoms with Gasteiger partial charge in [-0.3, -0.25) is 0 Å². The molecule has 0 radical (unpaired) electrons. The Bertz CT molecular complexity index is 312. The highest BCUT2D eigenvalue weighted by atomic mass is 19.3. The molecule has 0 saturated heterocycles. The highest BCUT2D eigenvalue weighted by molar-refractivity contribution is 5.27. The molecule has 0 spiro atoms. The van der Waals surface area contributed by atoms with Gasteiger partial charge in [-0.05, 0) is 16.5 Å². The lowest BCUT2D eigenvalue weighted by Crippen LogP contribution is -2.20. The molecular formula is C13H19F2N. The van der Waals surface area contributed by atoms with Gasteiger partial charge in [0.1, 0.15) is 0 Å². The van der Waals surface area contributed by atoms with Gasteiger partial charge in [-0.1, -0.05) is 45.0 Å². The first-order valence-corrected chi connectivity index (χ1v) is 5.48. The zero-order chi connectivity index (χ0) is 12.2. The fourth-order valence-electron chi connectivity index (χ4n) is 1.45. The Morgan fingerprint density at radius 3 is 2.12 bits per heavy atom. The molecular weight excluding hydrogens is 208 g/mol. The fraction of sp³-hybridized carbons (Fsp3) is 0.538. The summed E-state index contributed by atoms with van der Waals surface area (Å²) in [6.45, 7) is 6.70. The van der Waals surface area contributed by atoms with Crippen LogP contribution in [0.5, 0.6) is 0 Å². The molecule has 0 aliphatic heterocycles. The number of hydrogen-bond acceptors (Lipinski definition) is 1. The van der Waals surface area contributed by atoms with E-state index >= 15 is 0 Å². The van der Waals surface area contributed by atoms with E-state index in [0.29, 0.717) is 6.54 Å². The maximum atomic E-state index is 11.9. The van der Waals surface area contributed by atoms with Crippen molar-refractivity contribution < 1.29 is 8.78 Å². The number of nitrogens with one attached hydrogen (secondary N) is 1. The average molecular weight is 227 g/mol. The van der Waals surface area contributed by atoms with E-state index in [1.54, 1.807) is 0 Å². The second-order valence-corrected chi connectivity index (χ2v) is 4.97. The molecule has 1 aromatic rings. The summed E-state index contributed by atoms with van der Waals surface area (Å²) in [4.78, 5) is 0. The molecule has 0 amide bonds. The SMILES string of the molecule is CC(C)(C)c1ccc(CNCC(F)F)cc1. The minimum atomic E-state index is -2.28. The molecule has 1 rings (SSSR count). The topological polar surface area (TPSA) is 12.0 Å². The van der Waals surface area contributed by atoms with Crippen LogP contribution in [0.2, 0.25) is 0 Å². The Balaban J connectivity index is 2.52. The van der Waals surface area contributed by atoms with Crippen LogP contribution in [0.15, 0.2) is 24.3 Å². The van der Waals surface area contributed by atoms with Crippen molar-refractivity contribution in [2.75, 3.05) is 6.54 Å². The number of halogens is 2. The highest BCUT2D eigenvalue weighted by Crippen LogP contribution is 2.22. The molecule has 1 aromatic carbocycles. The Morgan fingerprint density at radius 1 is 1.12 bits per heavy atom.